The molecule has 0 unspecified atom stereocenters. The molecule has 0 saturated carbocycles. The maximum atomic E-state index is 9.65. The van der Waals surface area contributed by atoms with E-state index in [-0.39, 0.29) is 5.75 Å². The number of nitrogens with zero attached hydrogens (tertiary/aromatic N) is 3. The Bertz CT molecular complexity index is 876. The molecule has 116 valence electrons. The van der Waals surface area contributed by atoms with E-state index >= 15 is 0 Å². The summed E-state index contributed by atoms with van der Waals surface area (Å²) in [7, 11) is 0. The zero-order valence-corrected chi connectivity index (χ0v) is 13.3. The second kappa shape index (κ2) is 5.65. The number of hydrogen-bond acceptors (Lipinski definition) is 4. The van der Waals surface area contributed by atoms with Gasteiger partial charge >= 0.3 is 0 Å². The molecule has 23 heavy (non-hydrogen) atoms. The average molecular weight is 307 g/mol. The topological polar surface area (TPSA) is 75.0 Å². The molecule has 3 rings (SSSR count). The Morgan fingerprint density at radius 2 is 1.91 bits per heavy atom. The number of hydrogen-bond donors (Lipinski definition) is 1. The van der Waals surface area contributed by atoms with Crippen molar-refractivity contribution in [1.82, 2.24) is 9.72 Å². The number of phenols is 1. The molecule has 2 aromatic heterocycles. The molecule has 0 radical (unpaired) electrons. The second-order valence-corrected chi connectivity index (χ2v) is 5.41. The van der Waals surface area contributed by atoms with E-state index < -0.39 is 0 Å². The summed E-state index contributed by atoms with van der Waals surface area (Å²) < 4.78 is 7.21. The third-order valence-electron chi connectivity index (χ3n) is 3.99. The molecule has 0 atom stereocenters. The molecule has 5 nitrogen and oxygen atoms in total. The summed E-state index contributed by atoms with van der Waals surface area (Å²) in [6, 6.07) is 9.27. The molecule has 5 heteroatoms. The summed E-state index contributed by atoms with van der Waals surface area (Å²) >= 11 is 0. The van der Waals surface area contributed by atoms with Crippen LogP contribution in [0.2, 0.25) is 0 Å². The molecule has 1 aromatic carbocycles. The number of phenolic OH excluding ortho intramolecular Hbond substituents is 1. The van der Waals surface area contributed by atoms with E-state index in [0.717, 1.165) is 27.9 Å². The van der Waals surface area contributed by atoms with Gasteiger partial charge in [-0.05, 0) is 38.5 Å². The fourth-order valence-electron chi connectivity index (χ4n) is 2.88. The van der Waals surface area contributed by atoms with Crippen molar-refractivity contribution >= 4 is 0 Å². The lowest BCUT2D eigenvalue weighted by Crippen LogP contribution is -1.96. The van der Waals surface area contributed by atoms with Crippen LogP contribution in [-0.4, -0.2) is 14.8 Å². The van der Waals surface area contributed by atoms with E-state index in [0.29, 0.717) is 18.0 Å². The monoisotopic (exact) mass is 307 g/mol. The summed E-state index contributed by atoms with van der Waals surface area (Å²) in [4.78, 5) is 0. The molecule has 0 spiro atoms. The highest BCUT2D eigenvalue weighted by atomic mass is 16.5. The van der Waals surface area contributed by atoms with Crippen molar-refractivity contribution in [2.24, 2.45) is 0 Å². The summed E-state index contributed by atoms with van der Waals surface area (Å²) in [5.41, 5.74) is 4.89. The Kier molecular flexibility index (Phi) is 3.67. The highest BCUT2D eigenvalue weighted by Gasteiger charge is 2.23. The van der Waals surface area contributed by atoms with Crippen LogP contribution < -0.4 is 0 Å². The molecule has 0 aliphatic heterocycles. The van der Waals surface area contributed by atoms with Crippen LogP contribution in [0.5, 0.6) is 5.75 Å². The van der Waals surface area contributed by atoms with Gasteiger partial charge in [-0.25, -0.2) is 0 Å². The molecule has 1 N–H and O–H groups in total. The zero-order valence-electron chi connectivity index (χ0n) is 13.3. The zero-order chi connectivity index (χ0) is 16.6. The van der Waals surface area contributed by atoms with Crippen LogP contribution in [0, 0.1) is 25.2 Å². The molecule has 0 aliphatic rings. The molecular formula is C18H17N3O2. The summed E-state index contributed by atoms with van der Waals surface area (Å²) in [6.07, 6.45) is 1.96. The van der Waals surface area contributed by atoms with Crippen LogP contribution in [0.4, 0.5) is 0 Å². The van der Waals surface area contributed by atoms with Crippen LogP contribution in [0.3, 0.4) is 0 Å². The first-order valence-corrected chi connectivity index (χ1v) is 7.42. The lowest BCUT2D eigenvalue weighted by atomic mass is 9.96. The van der Waals surface area contributed by atoms with Crippen molar-refractivity contribution < 1.29 is 9.63 Å². The molecule has 0 amide bonds. The van der Waals surface area contributed by atoms with Crippen LogP contribution in [-0.2, 0) is 6.54 Å². The van der Waals surface area contributed by atoms with E-state index in [1.54, 1.807) is 12.1 Å². The molecule has 0 saturated heterocycles. The third kappa shape index (κ3) is 2.38. The van der Waals surface area contributed by atoms with Crippen LogP contribution in [0.1, 0.15) is 24.1 Å². The summed E-state index contributed by atoms with van der Waals surface area (Å²) in [6.45, 7) is 6.41. The summed E-state index contributed by atoms with van der Waals surface area (Å²) in [5.74, 6) is 0.899. The molecule has 0 aliphatic carbocycles. The molecule has 0 fully saturated rings. The molecule has 0 bridgehead atoms. The van der Waals surface area contributed by atoms with Crippen molar-refractivity contribution in [2.45, 2.75) is 27.3 Å². The third-order valence-corrected chi connectivity index (χ3v) is 3.99. The van der Waals surface area contributed by atoms with E-state index in [9.17, 15) is 10.4 Å². The minimum atomic E-state index is 0.211. The van der Waals surface area contributed by atoms with Gasteiger partial charge in [-0.2, -0.15) is 5.26 Å². The first-order chi connectivity index (χ1) is 11.1. The van der Waals surface area contributed by atoms with E-state index in [4.69, 9.17) is 4.52 Å². The molecular weight excluding hydrogens is 290 g/mol. The fourth-order valence-corrected chi connectivity index (χ4v) is 2.88. The smallest absolute Gasteiger partial charge is 0.141 e. The average Bonchev–Trinajstić information content (AvgIpc) is 3.07. The van der Waals surface area contributed by atoms with Crippen LogP contribution in [0.15, 0.2) is 35.0 Å². The normalized spacial score (nSPS) is 10.7. The Morgan fingerprint density at radius 1 is 1.22 bits per heavy atom. The largest absolute Gasteiger partial charge is 0.508 e. The van der Waals surface area contributed by atoms with Gasteiger partial charge in [0.15, 0.2) is 0 Å². The van der Waals surface area contributed by atoms with Gasteiger partial charge in [-0.15, -0.1) is 0 Å². The van der Waals surface area contributed by atoms with Gasteiger partial charge in [-0.3, -0.25) is 0 Å². The van der Waals surface area contributed by atoms with Gasteiger partial charge in [-0.1, -0.05) is 17.3 Å². The van der Waals surface area contributed by atoms with Crippen molar-refractivity contribution in [2.75, 3.05) is 0 Å². The van der Waals surface area contributed by atoms with E-state index in [2.05, 4.69) is 11.2 Å². The second-order valence-electron chi connectivity index (χ2n) is 5.41. The Labute approximate surface area is 134 Å². The predicted octanol–water partition coefficient (Wildman–Crippen LogP) is 4.02. The highest BCUT2D eigenvalue weighted by Crippen LogP contribution is 2.39. The maximum Gasteiger partial charge on any atom is 0.141 e. The van der Waals surface area contributed by atoms with Gasteiger partial charge in [0.25, 0.3) is 0 Å². The predicted molar refractivity (Wildman–Crippen MR) is 86.9 cm³/mol. The fraction of sp³-hybridized carbons (Fsp3) is 0.222. The van der Waals surface area contributed by atoms with Crippen LogP contribution in [0.25, 0.3) is 22.3 Å². The van der Waals surface area contributed by atoms with Crippen molar-refractivity contribution in [3.8, 4) is 34.1 Å². The Hall–Kier alpha value is -3.00. The minimum Gasteiger partial charge on any atom is -0.508 e. The number of aromatic nitrogens is 2. The Balaban J connectivity index is 2.35. The maximum absolute atomic E-state index is 9.65. The first kappa shape index (κ1) is 14.9. The highest BCUT2D eigenvalue weighted by molar-refractivity contribution is 5.88. The molecule has 2 heterocycles. The van der Waals surface area contributed by atoms with Crippen molar-refractivity contribution in [3.63, 3.8) is 0 Å². The van der Waals surface area contributed by atoms with Gasteiger partial charge in [0.2, 0.25) is 0 Å². The standard InChI is InChI=1S/C18H17N3O2/c1-4-21-10-15(13-5-7-14(22)8-6-13)18(16(21)9-19)17-11(2)20-23-12(17)3/h5-8,10,22H,4H2,1-3H3. The summed E-state index contributed by atoms with van der Waals surface area (Å²) in [5, 5.41) is 23.2. The van der Waals surface area contributed by atoms with Gasteiger partial charge in [0.1, 0.15) is 23.3 Å². The SMILES string of the molecule is CCn1cc(-c2ccc(O)cc2)c(-c2c(C)noc2C)c1C#N. The van der Waals surface area contributed by atoms with Gasteiger partial charge in [0.05, 0.1) is 11.3 Å². The number of benzene rings is 1. The first-order valence-electron chi connectivity index (χ1n) is 7.42. The van der Waals surface area contributed by atoms with Gasteiger partial charge < -0.3 is 14.2 Å². The van der Waals surface area contributed by atoms with Gasteiger partial charge in [0, 0.05) is 23.9 Å². The van der Waals surface area contributed by atoms with E-state index in [1.807, 2.05) is 43.7 Å². The van der Waals surface area contributed by atoms with Crippen molar-refractivity contribution in [1.29, 1.82) is 5.26 Å². The lowest BCUT2D eigenvalue weighted by Gasteiger charge is -2.05. The number of aromatic hydroxyl groups is 1. The Morgan fingerprint density at radius 3 is 2.43 bits per heavy atom. The quantitative estimate of drug-likeness (QED) is 0.793. The molecule has 3 aromatic rings. The number of nitriles is 1. The van der Waals surface area contributed by atoms with Crippen LogP contribution >= 0.6 is 0 Å². The number of aryl methyl sites for hydroxylation is 3. The number of rotatable bonds is 3. The lowest BCUT2D eigenvalue weighted by molar-refractivity contribution is 0.393. The van der Waals surface area contributed by atoms with E-state index in [1.165, 1.54) is 0 Å². The minimum absolute atomic E-state index is 0.211. The van der Waals surface area contributed by atoms with Crippen molar-refractivity contribution in [3.05, 3.63) is 47.6 Å².